The van der Waals surface area contributed by atoms with Crippen LogP contribution in [-0.4, -0.2) is 135 Å². The van der Waals surface area contributed by atoms with Gasteiger partial charge in [0.1, 0.15) is 36.0 Å². The summed E-state index contributed by atoms with van der Waals surface area (Å²) >= 11 is 15.2. The Kier molecular flexibility index (Phi) is 44.4. The van der Waals surface area contributed by atoms with Crippen molar-refractivity contribution in [3.63, 3.8) is 0 Å². The van der Waals surface area contributed by atoms with E-state index >= 15 is 0 Å². The van der Waals surface area contributed by atoms with Crippen molar-refractivity contribution in [2.75, 3.05) is 38.8 Å². The van der Waals surface area contributed by atoms with E-state index in [0.29, 0.717) is 48.9 Å². The van der Waals surface area contributed by atoms with E-state index in [1.807, 2.05) is 67.8 Å². The molecule has 0 radical (unpaired) electrons. The van der Waals surface area contributed by atoms with Gasteiger partial charge in [-0.2, -0.15) is 26.3 Å². The molecular weight excluding hydrogens is 2170 g/mol. The van der Waals surface area contributed by atoms with Gasteiger partial charge in [-0.25, -0.2) is 26.4 Å². The molecule has 0 aliphatic heterocycles. The number of benzene rings is 7. The second-order valence-corrected chi connectivity index (χ2v) is 41.5. The molecule has 8 aromatic rings. The standard InChI is InChI=1S/C18H13S.C16H18F3IO7S.C12H22O2.C10H6Br3F3O5S.C10H12I2O.C10H21NO2.C10H14O/c1-2-8-14(9-3-1)19-17-12-6-4-10-15(17)16-11-5-7-13-18(16)19;1-4-15(2,3)14(22)26-11-7-9(5-6-10(11)20)13(21)27-12(16(17,18)19)8-28(23,24)25;1-5-11(2,3)10(13)14-12(4)8-6-7-9-12;11-4-1-5(8(13)6(12)2-4)9(17)21-7(10(14,15)16)3-22(18,19)20;1-3-6(2)7-4-8(11)10(13)9(12)5-7;1-6-10(2,3)9(12)13-8-7-11(4)5;1-3-8(2)9-4-6-10(11)7-5-9/h1-13H;5-7,12H,4,8H2,1-3H3,(H,23,24,25);5-9H2,1-4H3;1-2,7H,3H2,(H,18,19,20);4-6,13H,3H2,1-2H3;6-8H2,1-5H3;4-8,11H,3H2,1-2H3/q+1;;;;;;/p-1. The molecule has 1 aliphatic carbocycles. The number of carbonyl (C=O) groups is 5. The smallest absolute Gasteiger partial charge is 0.426 e. The SMILES string of the molecule is CCC(C)(C)C(=O)OC1(C)CCCC1.CCC(C)(C)C(=O)OCC[NH+](C)C.CCC(C)(C)C(=O)Oc1cc(C(=O)OC(CS(=O)(=O)[O-])C(F)(F)F)ccc1I.CCC(C)c1cc(I)c(O)c(I)c1.CCC(C)c1ccc(O)cc1.O=C(OC(CS(=O)(=O)[O-])C(F)(F)F)c1cc(Br)cc(Br)c1Br.c1ccc(-[s+]2c3ccccc3c3ccccc32)cc1. The summed E-state index contributed by atoms with van der Waals surface area (Å²) in [6.45, 7) is 29.0. The van der Waals surface area contributed by atoms with Crippen molar-refractivity contribution < 1.29 is 115 Å². The van der Waals surface area contributed by atoms with Crippen LogP contribution in [0.3, 0.4) is 0 Å². The van der Waals surface area contributed by atoms with Crippen LogP contribution >= 0.6 is 126 Å². The lowest BCUT2D eigenvalue weighted by Crippen LogP contribution is -3.06. The van der Waals surface area contributed by atoms with Crippen molar-refractivity contribution in [1.82, 2.24) is 0 Å². The summed E-state index contributed by atoms with van der Waals surface area (Å²) < 4.78 is 170. The molecule has 0 spiro atoms. The molecule has 1 aromatic heterocycles. The topological polar surface area (TPSA) is 291 Å². The second-order valence-electron chi connectivity index (χ2n) is 30.6. The van der Waals surface area contributed by atoms with Crippen LogP contribution < -0.4 is 9.64 Å². The molecule has 1 heterocycles. The van der Waals surface area contributed by atoms with Gasteiger partial charge < -0.3 is 47.9 Å². The van der Waals surface area contributed by atoms with Gasteiger partial charge in [0.25, 0.3) is 0 Å². The molecule has 7 aromatic carbocycles. The van der Waals surface area contributed by atoms with Crippen LogP contribution in [-0.2, 0) is 53.6 Å². The molecule has 664 valence electrons. The first kappa shape index (κ1) is 109. The molecule has 1 aliphatic rings. The Balaban J connectivity index is 0.000000370. The first-order valence-corrected chi connectivity index (χ1v) is 48.1. The van der Waals surface area contributed by atoms with E-state index in [0.717, 1.165) is 64.3 Å². The van der Waals surface area contributed by atoms with Crippen LogP contribution in [0, 0.1) is 27.0 Å². The number of aromatic hydroxyl groups is 2. The summed E-state index contributed by atoms with van der Waals surface area (Å²) in [6.07, 6.45) is -7.78. The predicted octanol–water partition coefficient (Wildman–Crippen LogP) is 23.0. The maximum atomic E-state index is 12.9. The lowest BCUT2D eigenvalue weighted by Gasteiger charge is -2.29. The molecule has 0 amide bonds. The normalized spacial score (nSPS) is 13.8. The number of thiophene rings is 1. The Morgan fingerprint density at radius 1 is 0.567 bits per heavy atom. The van der Waals surface area contributed by atoms with Crippen LogP contribution in [0.1, 0.15) is 198 Å². The van der Waals surface area contributed by atoms with Crippen molar-refractivity contribution in [2.24, 2.45) is 16.2 Å². The van der Waals surface area contributed by atoms with Crippen LogP contribution in [0.2, 0.25) is 0 Å². The highest BCUT2D eigenvalue weighted by molar-refractivity contribution is 14.1. The minimum atomic E-state index is -5.30. The molecule has 120 heavy (non-hydrogen) atoms. The van der Waals surface area contributed by atoms with Gasteiger partial charge in [0.2, 0.25) is 12.2 Å². The van der Waals surface area contributed by atoms with Crippen LogP contribution in [0.25, 0.3) is 25.1 Å². The van der Waals surface area contributed by atoms with Gasteiger partial charge in [0.15, 0.2) is 14.3 Å². The van der Waals surface area contributed by atoms with Crippen LogP contribution in [0.5, 0.6) is 17.2 Å². The predicted molar refractivity (Wildman–Crippen MR) is 492 cm³/mol. The monoisotopic (exact) mass is 2270 g/mol. The molecule has 4 atom stereocenters. The first-order chi connectivity index (χ1) is 55.4. The average Bonchev–Trinajstić information content (AvgIpc) is 1.60. The summed E-state index contributed by atoms with van der Waals surface area (Å²) in [6, 6.07) is 46.1. The highest BCUT2D eigenvalue weighted by Gasteiger charge is 2.46. The number of alkyl halides is 6. The molecule has 1 saturated carbocycles. The molecule has 19 nitrogen and oxygen atoms in total. The fraction of sp³-hybridized carbons (Fsp3) is 0.453. The highest BCUT2D eigenvalue weighted by atomic mass is 127. The third kappa shape index (κ3) is 36.3. The number of fused-ring (bicyclic) bond motifs is 3. The molecule has 34 heteroatoms. The summed E-state index contributed by atoms with van der Waals surface area (Å²) in [5, 5.41) is 21.4. The number of nitrogens with one attached hydrogen (secondary N) is 1. The van der Waals surface area contributed by atoms with E-state index < -0.39 is 85.2 Å². The van der Waals surface area contributed by atoms with E-state index in [9.17, 15) is 81.4 Å². The Labute approximate surface area is 769 Å². The highest BCUT2D eigenvalue weighted by Crippen LogP contribution is 2.48. The third-order valence-electron chi connectivity index (χ3n) is 19.4. The minimum absolute atomic E-state index is 0.0376. The van der Waals surface area contributed by atoms with E-state index in [1.54, 1.807) is 55.5 Å². The summed E-state index contributed by atoms with van der Waals surface area (Å²) in [5.41, 5.74) is 0.258. The quantitative estimate of drug-likeness (QED) is 0.00740. The zero-order chi connectivity index (χ0) is 91.4. The molecule has 1 fully saturated rings. The second kappa shape index (κ2) is 49.0. The molecular formula is C86H105Br3F6I3NO18S3. The molecule has 3 N–H and O–H groups in total. The maximum absolute atomic E-state index is 12.9. The van der Waals surface area contributed by atoms with Crippen molar-refractivity contribution in [1.29, 1.82) is 0 Å². The number of halogens is 12. The van der Waals surface area contributed by atoms with Gasteiger partial charge in [-0.15, -0.1) is 0 Å². The van der Waals surface area contributed by atoms with Gasteiger partial charge in [-0.05, 0) is 320 Å². The van der Waals surface area contributed by atoms with Gasteiger partial charge in [-0.3, -0.25) is 14.4 Å². The number of esters is 5. The number of likely N-dealkylation sites (N-methyl/N-ethyl adjacent to an activating group) is 1. The first-order valence-electron chi connectivity index (χ1n) is 38.1. The lowest BCUT2D eigenvalue weighted by molar-refractivity contribution is -0.858. The average molecular weight is 2270 g/mol. The van der Waals surface area contributed by atoms with E-state index in [1.165, 1.54) is 72.1 Å². The van der Waals surface area contributed by atoms with E-state index in [4.69, 9.17) is 19.3 Å². The Morgan fingerprint density at radius 3 is 1.44 bits per heavy atom. The number of phenols is 2. The Morgan fingerprint density at radius 2 is 1.00 bits per heavy atom. The largest absolute Gasteiger partial charge is 0.748 e. The fourth-order valence-corrected chi connectivity index (χ4v) is 17.7. The number of hydrogen-bond acceptors (Lipinski definition) is 18. The molecule has 9 rings (SSSR count). The van der Waals surface area contributed by atoms with Crippen LogP contribution in [0.15, 0.2) is 159 Å². The number of quaternary nitrogens is 1. The van der Waals surface area contributed by atoms with E-state index in [2.05, 4.69) is 228 Å². The molecule has 0 saturated heterocycles. The van der Waals surface area contributed by atoms with Crippen molar-refractivity contribution in [3.05, 3.63) is 192 Å². The van der Waals surface area contributed by atoms with Crippen molar-refractivity contribution in [3.8, 4) is 22.1 Å². The molecule has 0 bridgehead atoms. The van der Waals surface area contributed by atoms with Crippen molar-refractivity contribution in [2.45, 2.75) is 197 Å². The Hall–Kier alpha value is -5.30. The van der Waals surface area contributed by atoms with Gasteiger partial charge in [-0.1, -0.05) is 119 Å². The van der Waals surface area contributed by atoms with Gasteiger partial charge >= 0.3 is 42.2 Å². The number of rotatable bonds is 24. The lowest BCUT2D eigenvalue weighted by atomic mass is 9.90. The number of ether oxygens (including phenoxy) is 5. The Bertz CT molecular complexity index is 4860. The summed E-state index contributed by atoms with van der Waals surface area (Å²) in [7, 11) is -6.40. The van der Waals surface area contributed by atoms with Gasteiger partial charge in [0, 0.05) is 34.7 Å². The molecule has 4 unspecified atom stereocenters. The number of phenolic OH excluding ortho intramolecular Hbond substituents is 2. The number of hydrogen-bond donors (Lipinski definition) is 3. The van der Waals surface area contributed by atoms with Gasteiger partial charge in [0.05, 0.1) is 83.9 Å². The van der Waals surface area contributed by atoms with Crippen molar-refractivity contribution >= 4 is 196 Å². The zero-order valence-corrected chi connectivity index (χ0v) is 83.2. The minimum Gasteiger partial charge on any atom is -0.748 e. The fourth-order valence-electron chi connectivity index (χ4n) is 10.2. The summed E-state index contributed by atoms with van der Waals surface area (Å²) in [5.74, 6) is -5.67. The number of carbonyl (C=O) groups excluding carboxylic acids is 5. The zero-order valence-electron chi connectivity index (χ0n) is 69.5. The van der Waals surface area contributed by atoms with E-state index in [-0.39, 0.29) is 54.6 Å². The maximum Gasteiger partial charge on any atom is 0.426 e. The summed E-state index contributed by atoms with van der Waals surface area (Å²) in [4.78, 5) is 62.0. The third-order valence-corrected chi connectivity index (χ3v) is 28.2. The van der Waals surface area contributed by atoms with Crippen LogP contribution in [0.4, 0.5) is 26.3 Å².